The van der Waals surface area contributed by atoms with Crippen LogP contribution in [0.1, 0.15) is 27.7 Å². The average Bonchev–Trinajstić information content (AvgIpc) is 3.06. The number of nitrogens with zero attached hydrogens (tertiary/aromatic N) is 6. The number of imide groups is 1. The van der Waals surface area contributed by atoms with Crippen molar-refractivity contribution in [2.45, 2.75) is 39.8 Å². The van der Waals surface area contributed by atoms with Crippen LogP contribution < -0.4 is 0 Å². The van der Waals surface area contributed by atoms with Crippen molar-refractivity contribution in [3.8, 4) is 0 Å². The summed E-state index contributed by atoms with van der Waals surface area (Å²) >= 11 is 0. The van der Waals surface area contributed by atoms with E-state index in [0.717, 1.165) is 5.71 Å². The van der Waals surface area contributed by atoms with Crippen LogP contribution >= 0.6 is 0 Å². The maximum Gasteiger partial charge on any atom is 0.417 e. The summed E-state index contributed by atoms with van der Waals surface area (Å²) in [5.41, 5.74) is 0.733. The summed E-state index contributed by atoms with van der Waals surface area (Å²) in [7, 11) is 1.59. The van der Waals surface area contributed by atoms with Gasteiger partial charge in [0.1, 0.15) is 6.04 Å². The lowest BCUT2D eigenvalue weighted by Gasteiger charge is -2.35. The van der Waals surface area contributed by atoms with Gasteiger partial charge in [0, 0.05) is 13.6 Å². The van der Waals surface area contributed by atoms with E-state index in [1.54, 1.807) is 26.1 Å². The molecule has 150 valence electrons. The molecule has 0 aromatic heterocycles. The van der Waals surface area contributed by atoms with E-state index < -0.39 is 18.0 Å². The highest BCUT2D eigenvalue weighted by atomic mass is 16.5. The van der Waals surface area contributed by atoms with Gasteiger partial charge in [-0.25, -0.2) is 14.2 Å². The summed E-state index contributed by atoms with van der Waals surface area (Å²) in [5.74, 6) is -0.0754. The number of hydrazone groups is 1. The van der Waals surface area contributed by atoms with Crippen LogP contribution in [-0.4, -0.2) is 93.6 Å². The average molecular weight is 389 g/mol. The van der Waals surface area contributed by atoms with Gasteiger partial charge in [0.05, 0.1) is 12.3 Å². The SMILES string of the molecule is C/C=C/CN1C(=O)C2C(=NC3=[N+]2C(C)C(C)=NN3CC(=O)OCC)N(C)C1=O. The molecule has 2 atom stereocenters. The number of aliphatic imine (C=N–C) groups is 1. The van der Waals surface area contributed by atoms with Crippen molar-refractivity contribution >= 4 is 35.4 Å². The molecule has 1 fully saturated rings. The number of hydrogen-bond acceptors (Lipinski definition) is 7. The Morgan fingerprint density at radius 1 is 1.36 bits per heavy atom. The Balaban J connectivity index is 2.01. The third-order valence-electron chi connectivity index (χ3n) is 4.97. The topological polar surface area (TPSA) is 97.9 Å². The van der Waals surface area contributed by atoms with Crippen LogP contribution in [0.4, 0.5) is 4.79 Å². The smallest absolute Gasteiger partial charge is 0.417 e. The monoisotopic (exact) mass is 389 g/mol. The summed E-state index contributed by atoms with van der Waals surface area (Å²) in [5, 5.41) is 5.88. The predicted molar refractivity (Wildman–Crippen MR) is 102 cm³/mol. The van der Waals surface area contributed by atoms with Gasteiger partial charge >= 0.3 is 18.0 Å². The number of urea groups is 1. The molecule has 3 rings (SSSR count). The number of rotatable bonds is 5. The summed E-state index contributed by atoms with van der Waals surface area (Å²) < 4.78 is 6.83. The number of amidine groups is 1. The maximum atomic E-state index is 13.2. The number of allylic oxidation sites excluding steroid dienone is 1. The van der Waals surface area contributed by atoms with Gasteiger partial charge in [-0.2, -0.15) is 0 Å². The number of guanidine groups is 1. The van der Waals surface area contributed by atoms with Gasteiger partial charge in [0.25, 0.3) is 5.91 Å². The molecule has 0 spiro atoms. The molecule has 3 aliphatic heterocycles. The van der Waals surface area contributed by atoms with Gasteiger partial charge < -0.3 is 4.74 Å². The van der Waals surface area contributed by atoms with Crippen molar-refractivity contribution in [2.24, 2.45) is 10.1 Å². The highest BCUT2D eigenvalue weighted by molar-refractivity contribution is 6.23. The zero-order valence-electron chi connectivity index (χ0n) is 16.7. The zero-order chi connectivity index (χ0) is 20.6. The fraction of sp³-hybridized carbons (Fsp3) is 0.556. The minimum absolute atomic E-state index is 0.124. The third-order valence-corrected chi connectivity index (χ3v) is 4.97. The van der Waals surface area contributed by atoms with E-state index in [1.807, 2.05) is 25.3 Å². The number of carbonyl (C=O) groups is 3. The fourth-order valence-electron chi connectivity index (χ4n) is 3.39. The third kappa shape index (κ3) is 3.08. The van der Waals surface area contributed by atoms with Crippen LogP contribution in [0.2, 0.25) is 0 Å². The molecule has 0 bridgehead atoms. The Labute approximate surface area is 163 Å². The highest BCUT2D eigenvalue weighted by Gasteiger charge is 2.56. The molecule has 1 saturated heterocycles. The second-order valence-corrected chi connectivity index (χ2v) is 6.72. The largest absolute Gasteiger partial charge is 0.464 e. The first-order chi connectivity index (χ1) is 13.3. The molecule has 3 heterocycles. The van der Waals surface area contributed by atoms with Crippen molar-refractivity contribution in [1.82, 2.24) is 14.8 Å². The number of likely N-dealkylation sites (N-methyl/N-ethyl adjacent to an activating group) is 1. The van der Waals surface area contributed by atoms with Gasteiger partial charge in [0.2, 0.25) is 11.9 Å². The van der Waals surface area contributed by atoms with Crippen LogP contribution in [0.25, 0.3) is 0 Å². The molecular formula is C18H25N6O4+. The summed E-state index contributed by atoms with van der Waals surface area (Å²) in [4.78, 5) is 44.9. The minimum atomic E-state index is -0.742. The number of hydrogen-bond donors (Lipinski definition) is 0. The molecule has 10 heteroatoms. The molecule has 0 saturated carbocycles. The maximum absolute atomic E-state index is 13.2. The summed E-state index contributed by atoms with van der Waals surface area (Å²) in [6, 6.07) is -1.39. The Morgan fingerprint density at radius 3 is 2.71 bits per heavy atom. The second-order valence-electron chi connectivity index (χ2n) is 6.72. The van der Waals surface area contributed by atoms with Crippen LogP contribution in [0.5, 0.6) is 0 Å². The van der Waals surface area contributed by atoms with Gasteiger partial charge in [-0.1, -0.05) is 17.1 Å². The molecule has 0 aliphatic carbocycles. The standard InChI is InChI=1S/C18H25N6O4/c1-6-8-9-22-16(26)14-15(21(5)18(22)27)19-17-23(10-13(25)28-7-2)20-11(3)12(4)24(14)17/h6,8,12,14H,7,9-10H2,1-5H3/q+1/b8-6+. The lowest BCUT2D eigenvalue weighted by Crippen LogP contribution is -2.64. The first-order valence-electron chi connectivity index (χ1n) is 9.24. The van der Waals surface area contributed by atoms with E-state index in [0.29, 0.717) is 11.8 Å². The molecule has 0 radical (unpaired) electrons. The molecule has 2 unspecified atom stereocenters. The van der Waals surface area contributed by atoms with Crippen LogP contribution in [0, 0.1) is 0 Å². The van der Waals surface area contributed by atoms with Gasteiger partial charge in [-0.05, 0) is 27.7 Å². The molecule has 10 nitrogen and oxygen atoms in total. The minimum Gasteiger partial charge on any atom is -0.464 e. The quantitative estimate of drug-likeness (QED) is 0.381. The number of amides is 3. The fourth-order valence-corrected chi connectivity index (χ4v) is 3.39. The van der Waals surface area contributed by atoms with Crippen LogP contribution in [0.15, 0.2) is 22.2 Å². The zero-order valence-corrected chi connectivity index (χ0v) is 16.7. The van der Waals surface area contributed by atoms with E-state index >= 15 is 0 Å². The summed E-state index contributed by atoms with van der Waals surface area (Å²) in [6.45, 7) is 7.64. The summed E-state index contributed by atoms with van der Waals surface area (Å²) in [6.07, 6.45) is 3.54. The van der Waals surface area contributed by atoms with E-state index in [4.69, 9.17) is 4.74 Å². The van der Waals surface area contributed by atoms with Crippen molar-refractivity contribution in [2.75, 3.05) is 26.7 Å². The number of carbonyl (C=O) groups excluding carboxylic acids is 3. The van der Waals surface area contributed by atoms with Crippen molar-refractivity contribution in [1.29, 1.82) is 0 Å². The molecular weight excluding hydrogens is 364 g/mol. The number of esters is 1. The Kier molecular flexibility index (Phi) is 5.30. The van der Waals surface area contributed by atoms with Gasteiger partial charge in [-0.15, -0.1) is 10.1 Å². The van der Waals surface area contributed by atoms with E-state index in [2.05, 4.69) is 10.1 Å². The number of fused-ring (bicyclic) bond motifs is 2. The van der Waals surface area contributed by atoms with Crippen molar-refractivity contribution in [3.05, 3.63) is 12.2 Å². The van der Waals surface area contributed by atoms with E-state index in [9.17, 15) is 14.4 Å². The van der Waals surface area contributed by atoms with Crippen molar-refractivity contribution < 1.29 is 23.7 Å². The Hall–Kier alpha value is -3.04. The van der Waals surface area contributed by atoms with Gasteiger partial charge in [-0.3, -0.25) is 14.6 Å². The lowest BCUT2D eigenvalue weighted by atomic mass is 10.1. The second kappa shape index (κ2) is 7.53. The first-order valence-corrected chi connectivity index (χ1v) is 9.24. The Morgan fingerprint density at radius 2 is 2.07 bits per heavy atom. The molecule has 3 aliphatic rings. The van der Waals surface area contributed by atoms with Crippen LogP contribution in [-0.2, 0) is 14.3 Å². The molecule has 28 heavy (non-hydrogen) atoms. The normalized spacial score (nSPS) is 24.5. The lowest BCUT2D eigenvalue weighted by molar-refractivity contribution is -0.559. The van der Waals surface area contributed by atoms with Gasteiger partial charge in [0.15, 0.2) is 6.54 Å². The Bertz CT molecular complexity index is 843. The molecule has 0 aromatic carbocycles. The molecule has 3 amide bonds. The first kappa shape index (κ1) is 19.7. The predicted octanol–water partition coefficient (Wildman–Crippen LogP) is 0.249. The van der Waals surface area contributed by atoms with E-state index in [1.165, 1.54) is 14.8 Å². The van der Waals surface area contributed by atoms with Crippen molar-refractivity contribution in [3.63, 3.8) is 0 Å². The highest BCUT2D eigenvalue weighted by Crippen LogP contribution is 2.25. The van der Waals surface area contributed by atoms with Crippen LogP contribution in [0.3, 0.4) is 0 Å². The number of ether oxygens (including phenoxy) is 1. The van der Waals surface area contributed by atoms with E-state index in [-0.39, 0.29) is 31.6 Å². The molecule has 0 aromatic rings. The molecule has 0 N–H and O–H groups in total.